The highest BCUT2D eigenvalue weighted by molar-refractivity contribution is 6.35. The van der Waals surface area contributed by atoms with Crippen molar-refractivity contribution in [3.8, 4) is 0 Å². The molecule has 0 unspecified atom stereocenters. The van der Waals surface area contributed by atoms with Gasteiger partial charge in [-0.15, -0.1) is 0 Å². The highest BCUT2D eigenvalue weighted by Crippen LogP contribution is 2.48. The number of nitrogens with one attached hydrogen (secondary N) is 1. The van der Waals surface area contributed by atoms with Gasteiger partial charge in [0, 0.05) is 33.1 Å². The first kappa shape index (κ1) is 11.9. The molecule has 18 heavy (non-hydrogen) atoms. The fourth-order valence-corrected chi connectivity index (χ4v) is 3.51. The number of hydrogen-bond donors (Lipinski definition) is 2. The quantitative estimate of drug-likeness (QED) is 0.775. The molecular weight excluding hydrogens is 273 g/mol. The summed E-state index contributed by atoms with van der Waals surface area (Å²) < 4.78 is 0. The number of anilines is 1. The van der Waals surface area contributed by atoms with Crippen molar-refractivity contribution in [1.82, 2.24) is 0 Å². The molecule has 1 heterocycles. The Labute approximate surface area is 114 Å². The highest BCUT2D eigenvalue weighted by atomic mass is 35.5. The number of halogens is 2. The maximum Gasteiger partial charge on any atom is 0.326 e. The molecule has 0 spiro atoms. The molecule has 1 aliphatic heterocycles. The Morgan fingerprint density at radius 2 is 2.17 bits per heavy atom. The van der Waals surface area contributed by atoms with Gasteiger partial charge >= 0.3 is 5.97 Å². The van der Waals surface area contributed by atoms with Gasteiger partial charge < -0.3 is 10.4 Å². The van der Waals surface area contributed by atoms with E-state index in [4.69, 9.17) is 23.2 Å². The molecular formula is C13H11Cl2NO2. The number of rotatable bonds is 1. The van der Waals surface area contributed by atoms with E-state index in [1.54, 1.807) is 12.1 Å². The van der Waals surface area contributed by atoms with E-state index in [1.165, 1.54) is 0 Å². The normalized spacial score (nSPS) is 28.4. The Hall–Kier alpha value is -1.19. The third-order valence-electron chi connectivity index (χ3n) is 3.65. The summed E-state index contributed by atoms with van der Waals surface area (Å²) in [6.07, 6.45) is 4.82. The summed E-state index contributed by atoms with van der Waals surface area (Å²) >= 11 is 12.2. The monoisotopic (exact) mass is 283 g/mol. The molecule has 0 bridgehead atoms. The Morgan fingerprint density at radius 3 is 2.89 bits per heavy atom. The van der Waals surface area contributed by atoms with Crippen molar-refractivity contribution < 1.29 is 9.90 Å². The van der Waals surface area contributed by atoms with E-state index in [1.807, 2.05) is 12.2 Å². The van der Waals surface area contributed by atoms with Crippen molar-refractivity contribution in [3.05, 3.63) is 39.9 Å². The summed E-state index contributed by atoms with van der Waals surface area (Å²) in [6, 6.07) is 2.85. The molecule has 1 aromatic carbocycles. The van der Waals surface area contributed by atoms with E-state index < -0.39 is 12.0 Å². The van der Waals surface area contributed by atoms with Crippen LogP contribution in [-0.4, -0.2) is 17.1 Å². The summed E-state index contributed by atoms with van der Waals surface area (Å²) in [7, 11) is 0. The highest BCUT2D eigenvalue weighted by Gasteiger charge is 2.41. The van der Waals surface area contributed by atoms with Gasteiger partial charge in [-0.2, -0.15) is 0 Å². The first-order chi connectivity index (χ1) is 8.58. The molecule has 1 aromatic rings. The number of allylic oxidation sites excluding steroid dienone is 2. The van der Waals surface area contributed by atoms with Gasteiger partial charge in [0.1, 0.15) is 6.04 Å². The van der Waals surface area contributed by atoms with Crippen molar-refractivity contribution in [1.29, 1.82) is 0 Å². The lowest BCUT2D eigenvalue weighted by Gasteiger charge is -2.35. The van der Waals surface area contributed by atoms with Crippen molar-refractivity contribution >= 4 is 34.9 Å². The summed E-state index contributed by atoms with van der Waals surface area (Å²) in [4.78, 5) is 11.3. The number of aliphatic carboxylic acids is 1. The Morgan fingerprint density at radius 1 is 1.39 bits per heavy atom. The van der Waals surface area contributed by atoms with E-state index in [0.717, 1.165) is 17.7 Å². The maximum atomic E-state index is 11.3. The van der Waals surface area contributed by atoms with Crippen LogP contribution < -0.4 is 5.32 Å². The van der Waals surface area contributed by atoms with Gasteiger partial charge in [0.15, 0.2) is 0 Å². The average molecular weight is 284 g/mol. The van der Waals surface area contributed by atoms with Crippen LogP contribution >= 0.6 is 23.2 Å². The third-order valence-corrected chi connectivity index (χ3v) is 4.18. The van der Waals surface area contributed by atoms with Gasteiger partial charge in [0.25, 0.3) is 0 Å². The Kier molecular flexibility index (Phi) is 2.76. The molecule has 5 heteroatoms. The molecule has 0 aromatic heterocycles. The molecule has 2 aliphatic rings. The summed E-state index contributed by atoms with van der Waals surface area (Å²) in [5.41, 5.74) is 1.69. The Balaban J connectivity index is 2.14. The van der Waals surface area contributed by atoms with Crippen LogP contribution in [0.25, 0.3) is 0 Å². The molecule has 3 nitrogen and oxygen atoms in total. The van der Waals surface area contributed by atoms with Crippen molar-refractivity contribution in [2.45, 2.75) is 18.4 Å². The van der Waals surface area contributed by atoms with E-state index >= 15 is 0 Å². The molecule has 2 N–H and O–H groups in total. The maximum absolute atomic E-state index is 11.3. The van der Waals surface area contributed by atoms with Gasteiger partial charge in [0.05, 0.1) is 0 Å². The third kappa shape index (κ3) is 1.70. The fraction of sp³-hybridized carbons (Fsp3) is 0.308. The van der Waals surface area contributed by atoms with Crippen LogP contribution in [0.15, 0.2) is 24.3 Å². The van der Waals surface area contributed by atoms with Gasteiger partial charge in [-0.1, -0.05) is 35.4 Å². The average Bonchev–Trinajstić information content (AvgIpc) is 2.75. The van der Waals surface area contributed by atoms with Gasteiger partial charge in [-0.25, -0.2) is 4.79 Å². The zero-order valence-electron chi connectivity index (χ0n) is 9.36. The number of carbonyl (C=O) groups is 1. The Bertz CT molecular complexity index is 556. The predicted octanol–water partition coefficient (Wildman–Crippen LogP) is 3.53. The standard InChI is InChI=1S/C13H11Cl2NO2/c14-6-4-9(15)11-7-2-1-3-8(7)12(13(17)18)16-10(11)5-6/h1-2,4-5,7-8,12,16H,3H2,(H,17,18)/t7-,8+,12+/m0/s1. The van der Waals surface area contributed by atoms with Gasteiger partial charge in [-0.3, -0.25) is 0 Å². The minimum absolute atomic E-state index is 0.0219. The molecule has 0 amide bonds. The second kappa shape index (κ2) is 4.18. The topological polar surface area (TPSA) is 49.3 Å². The van der Waals surface area contributed by atoms with Crippen molar-refractivity contribution in [2.75, 3.05) is 5.32 Å². The number of carboxylic acids is 1. The minimum Gasteiger partial charge on any atom is -0.480 e. The molecule has 0 fully saturated rings. The first-order valence-corrected chi connectivity index (χ1v) is 6.48. The van der Waals surface area contributed by atoms with E-state index in [9.17, 15) is 9.90 Å². The molecule has 1 aliphatic carbocycles. The predicted molar refractivity (Wildman–Crippen MR) is 71.5 cm³/mol. The summed E-state index contributed by atoms with van der Waals surface area (Å²) in [5, 5.41) is 13.4. The van der Waals surface area contributed by atoms with Crippen LogP contribution in [0.3, 0.4) is 0 Å². The molecule has 0 saturated carbocycles. The number of hydrogen-bond acceptors (Lipinski definition) is 2. The van der Waals surface area contributed by atoms with Gasteiger partial charge in [-0.05, 0) is 18.6 Å². The SMILES string of the molecule is O=C(O)[C@@H]1Nc2cc(Cl)cc(Cl)c2[C@H]2C=CC[C@H]21. The first-order valence-electron chi connectivity index (χ1n) is 5.73. The summed E-state index contributed by atoms with van der Waals surface area (Å²) in [6.45, 7) is 0. The van der Waals surface area contributed by atoms with Crippen molar-refractivity contribution in [3.63, 3.8) is 0 Å². The minimum atomic E-state index is -0.838. The van der Waals surface area contributed by atoms with Crippen LogP contribution in [0.4, 0.5) is 5.69 Å². The van der Waals surface area contributed by atoms with E-state index in [2.05, 4.69) is 5.32 Å². The molecule has 0 saturated heterocycles. The molecule has 3 rings (SSSR count). The lowest BCUT2D eigenvalue weighted by Crippen LogP contribution is -2.41. The van der Waals surface area contributed by atoms with Crippen LogP contribution in [-0.2, 0) is 4.79 Å². The van der Waals surface area contributed by atoms with Crippen LogP contribution in [0.5, 0.6) is 0 Å². The van der Waals surface area contributed by atoms with Crippen molar-refractivity contribution in [2.24, 2.45) is 5.92 Å². The van der Waals surface area contributed by atoms with Crippen LogP contribution in [0, 0.1) is 5.92 Å². The van der Waals surface area contributed by atoms with E-state index in [-0.39, 0.29) is 11.8 Å². The molecule has 94 valence electrons. The van der Waals surface area contributed by atoms with E-state index in [0.29, 0.717) is 10.0 Å². The second-order valence-electron chi connectivity index (χ2n) is 4.66. The largest absolute Gasteiger partial charge is 0.480 e. The molecule has 0 radical (unpaired) electrons. The zero-order valence-corrected chi connectivity index (χ0v) is 10.9. The lowest BCUT2D eigenvalue weighted by atomic mass is 9.79. The van der Waals surface area contributed by atoms with Crippen LogP contribution in [0.2, 0.25) is 10.0 Å². The number of fused-ring (bicyclic) bond motifs is 3. The molecule has 3 atom stereocenters. The van der Waals surface area contributed by atoms with Gasteiger partial charge in [0.2, 0.25) is 0 Å². The van der Waals surface area contributed by atoms with Crippen LogP contribution in [0.1, 0.15) is 17.9 Å². The number of benzene rings is 1. The number of carboxylic acid groups (broad SMARTS) is 1. The summed E-state index contributed by atoms with van der Waals surface area (Å²) in [5.74, 6) is -0.753. The second-order valence-corrected chi connectivity index (χ2v) is 5.51. The smallest absolute Gasteiger partial charge is 0.326 e. The zero-order chi connectivity index (χ0) is 12.9. The lowest BCUT2D eigenvalue weighted by molar-refractivity contribution is -0.139. The fourth-order valence-electron chi connectivity index (χ4n) is 2.89.